The highest BCUT2D eigenvalue weighted by molar-refractivity contribution is 6.18. The van der Waals surface area contributed by atoms with Crippen molar-refractivity contribution in [3.63, 3.8) is 0 Å². The Morgan fingerprint density at radius 2 is 1.34 bits per heavy atom. The first-order chi connectivity index (χ1) is 21.3. The number of benzene rings is 6. The van der Waals surface area contributed by atoms with Gasteiger partial charge in [-0.25, -0.2) is 0 Å². The van der Waals surface area contributed by atoms with Crippen LogP contribution in [0.2, 0.25) is 0 Å². The Morgan fingerprint density at radius 3 is 2.07 bits per heavy atom. The summed E-state index contributed by atoms with van der Waals surface area (Å²) in [7, 11) is 0. The van der Waals surface area contributed by atoms with Crippen molar-refractivity contribution in [1.29, 1.82) is 0 Å². The standard InChI is InChI=1S/C34H30N6O4/c1-2-24(36)39-23-15-22-27-28(32(42)17-8-4-3-7-16(17)31(27)41)30(23)40-29-21(38-22)12-11-19-26(29)34(44)18-9-5-10-20(25(18)33(19)43)37-14-6-13-35/h3-5,7-12,15,24,37-40H,2,6,13-14,35-36H2,1H3. The SMILES string of the molecule is CCC(N)Nc1cc2[nH]c3ccc4c(=O)c5c(NCCCN)cccc5c(=O)c4c3[nH]c1c1c(=O)c3ccccc3c(=O)c21. The molecule has 10 heteroatoms. The maximum atomic E-state index is 14.2. The van der Waals surface area contributed by atoms with E-state index in [4.69, 9.17) is 11.5 Å². The van der Waals surface area contributed by atoms with Crippen LogP contribution >= 0.6 is 0 Å². The van der Waals surface area contributed by atoms with Crippen LogP contribution < -0.4 is 43.8 Å². The van der Waals surface area contributed by atoms with Gasteiger partial charge in [0.05, 0.1) is 55.5 Å². The van der Waals surface area contributed by atoms with Gasteiger partial charge in [0, 0.05) is 33.8 Å². The molecule has 10 nitrogen and oxygen atoms in total. The fourth-order valence-corrected chi connectivity index (χ4v) is 6.20. The summed E-state index contributed by atoms with van der Waals surface area (Å²) in [6.45, 7) is 2.97. The monoisotopic (exact) mass is 586 g/mol. The number of aromatic amines is 2. The third-order valence-corrected chi connectivity index (χ3v) is 8.41. The van der Waals surface area contributed by atoms with Gasteiger partial charge in [-0.15, -0.1) is 0 Å². The molecule has 1 atom stereocenters. The molecule has 1 unspecified atom stereocenters. The molecule has 220 valence electrons. The Kier molecular flexibility index (Phi) is 6.53. The molecule has 2 heterocycles. The van der Waals surface area contributed by atoms with Crippen molar-refractivity contribution < 1.29 is 0 Å². The van der Waals surface area contributed by atoms with E-state index in [0.717, 1.165) is 0 Å². The van der Waals surface area contributed by atoms with Gasteiger partial charge in [-0.3, -0.25) is 19.2 Å². The highest BCUT2D eigenvalue weighted by atomic mass is 16.1. The maximum absolute atomic E-state index is 14.2. The molecule has 0 aliphatic heterocycles. The average molecular weight is 587 g/mol. The first kappa shape index (κ1) is 27.5. The molecule has 0 saturated carbocycles. The molecule has 0 amide bonds. The summed E-state index contributed by atoms with van der Waals surface area (Å²) in [4.78, 5) is 62.7. The molecule has 0 aliphatic carbocycles. The van der Waals surface area contributed by atoms with Gasteiger partial charge in [-0.2, -0.15) is 0 Å². The number of nitrogens with one attached hydrogen (secondary N) is 4. The number of rotatable bonds is 7. The predicted molar refractivity (Wildman–Crippen MR) is 180 cm³/mol. The van der Waals surface area contributed by atoms with Gasteiger partial charge < -0.3 is 32.1 Å². The lowest BCUT2D eigenvalue weighted by atomic mass is 9.98. The summed E-state index contributed by atoms with van der Waals surface area (Å²) in [6, 6.07) is 17.0. The molecule has 8 N–H and O–H groups in total. The summed E-state index contributed by atoms with van der Waals surface area (Å²) in [5, 5.41) is 8.53. The zero-order chi connectivity index (χ0) is 30.7. The second kappa shape index (κ2) is 10.4. The molecule has 0 aliphatic rings. The Bertz CT molecular complexity index is 2540. The fraction of sp³-hybridized carbons (Fsp3) is 0.176. The number of hydrogen-bond acceptors (Lipinski definition) is 8. The number of fused-ring (bicyclic) bond motifs is 4. The van der Waals surface area contributed by atoms with Crippen molar-refractivity contribution >= 4 is 76.5 Å². The minimum absolute atomic E-state index is 0.175. The van der Waals surface area contributed by atoms with E-state index in [1.165, 1.54) is 0 Å². The van der Waals surface area contributed by atoms with Crippen molar-refractivity contribution in [2.24, 2.45) is 11.5 Å². The Hall–Kier alpha value is -5.32. The van der Waals surface area contributed by atoms with Crippen LogP contribution in [0, 0.1) is 0 Å². The minimum atomic E-state index is -0.452. The van der Waals surface area contributed by atoms with Crippen LogP contribution in [0.5, 0.6) is 0 Å². The van der Waals surface area contributed by atoms with E-state index in [9.17, 15) is 19.2 Å². The topological polar surface area (TPSA) is 176 Å². The Labute approximate surface area is 249 Å². The first-order valence-electron chi connectivity index (χ1n) is 14.6. The summed E-state index contributed by atoms with van der Waals surface area (Å²) in [6.07, 6.45) is 0.844. The van der Waals surface area contributed by atoms with Crippen molar-refractivity contribution in [3.05, 3.63) is 102 Å². The smallest absolute Gasteiger partial charge is 0.196 e. The van der Waals surface area contributed by atoms with Gasteiger partial charge in [-0.05, 0) is 43.7 Å². The summed E-state index contributed by atoms with van der Waals surface area (Å²) in [5.74, 6) is 0. The average Bonchev–Trinajstić information content (AvgIpc) is 3.02. The Balaban J connectivity index is 1.69. The highest BCUT2D eigenvalue weighted by Gasteiger charge is 2.21. The van der Waals surface area contributed by atoms with E-state index in [2.05, 4.69) is 20.6 Å². The zero-order valence-corrected chi connectivity index (χ0v) is 24.0. The third-order valence-electron chi connectivity index (χ3n) is 8.41. The van der Waals surface area contributed by atoms with Crippen molar-refractivity contribution in [2.75, 3.05) is 23.7 Å². The largest absolute Gasteiger partial charge is 0.384 e. The Morgan fingerprint density at radius 1 is 0.682 bits per heavy atom. The minimum Gasteiger partial charge on any atom is -0.384 e. The van der Waals surface area contributed by atoms with Gasteiger partial charge in [-0.1, -0.05) is 43.3 Å². The first-order valence-corrected chi connectivity index (χ1v) is 14.6. The summed E-state index contributed by atoms with van der Waals surface area (Å²) in [5.41, 5.74) is 13.3. The molecule has 8 aromatic rings. The highest BCUT2D eigenvalue weighted by Crippen LogP contribution is 2.32. The van der Waals surface area contributed by atoms with Gasteiger partial charge >= 0.3 is 0 Å². The van der Waals surface area contributed by atoms with Crippen LogP contribution in [0.25, 0.3) is 65.2 Å². The molecule has 44 heavy (non-hydrogen) atoms. The van der Waals surface area contributed by atoms with Crippen LogP contribution in [0.4, 0.5) is 11.4 Å². The van der Waals surface area contributed by atoms with E-state index in [0.29, 0.717) is 75.5 Å². The molecule has 0 fully saturated rings. The van der Waals surface area contributed by atoms with Crippen molar-refractivity contribution in [2.45, 2.75) is 25.9 Å². The maximum Gasteiger partial charge on any atom is 0.196 e. The quantitative estimate of drug-likeness (QED) is 0.0922. The van der Waals surface area contributed by atoms with Crippen LogP contribution in [-0.2, 0) is 0 Å². The number of H-pyrrole nitrogens is 2. The van der Waals surface area contributed by atoms with Gasteiger partial charge in [0.15, 0.2) is 21.7 Å². The van der Waals surface area contributed by atoms with Crippen LogP contribution in [-0.4, -0.2) is 29.2 Å². The fourth-order valence-electron chi connectivity index (χ4n) is 6.20. The van der Waals surface area contributed by atoms with E-state index >= 15 is 0 Å². The molecule has 2 bridgehead atoms. The van der Waals surface area contributed by atoms with E-state index in [1.54, 1.807) is 60.7 Å². The molecular weight excluding hydrogens is 556 g/mol. The van der Waals surface area contributed by atoms with Crippen LogP contribution in [0.3, 0.4) is 0 Å². The molecule has 0 radical (unpaired) electrons. The molecule has 6 aromatic carbocycles. The molecule has 0 saturated heterocycles. The van der Waals surface area contributed by atoms with Crippen molar-refractivity contribution in [3.8, 4) is 0 Å². The third kappa shape index (κ3) is 4.03. The number of anilines is 2. The van der Waals surface area contributed by atoms with Gasteiger partial charge in [0.25, 0.3) is 0 Å². The zero-order valence-electron chi connectivity index (χ0n) is 24.0. The summed E-state index contributed by atoms with van der Waals surface area (Å²) >= 11 is 0. The molecule has 2 aromatic heterocycles. The number of aromatic nitrogens is 2. The van der Waals surface area contributed by atoms with E-state index < -0.39 is 6.17 Å². The second-order valence-corrected chi connectivity index (χ2v) is 11.1. The molecule has 0 spiro atoms. The van der Waals surface area contributed by atoms with Crippen LogP contribution in [0.1, 0.15) is 19.8 Å². The number of hydrogen-bond donors (Lipinski definition) is 6. The van der Waals surface area contributed by atoms with Crippen molar-refractivity contribution in [1.82, 2.24) is 9.97 Å². The summed E-state index contributed by atoms with van der Waals surface area (Å²) < 4.78 is 0. The lowest BCUT2D eigenvalue weighted by molar-refractivity contribution is 0.731. The lowest BCUT2D eigenvalue weighted by Gasteiger charge is -2.18. The molecular formula is C34H30N6O4. The predicted octanol–water partition coefficient (Wildman–Crippen LogP) is 4.01. The molecule has 8 rings (SSSR count). The van der Waals surface area contributed by atoms with Gasteiger partial charge in [0.2, 0.25) is 0 Å². The van der Waals surface area contributed by atoms with E-state index in [1.807, 2.05) is 6.92 Å². The van der Waals surface area contributed by atoms with Crippen LogP contribution in [0.15, 0.2) is 79.8 Å². The van der Waals surface area contributed by atoms with Gasteiger partial charge in [0.1, 0.15) is 0 Å². The normalized spacial score (nSPS) is 12.6. The van der Waals surface area contributed by atoms with E-state index in [-0.39, 0.29) is 48.6 Å². The number of nitrogens with two attached hydrogens (primary N) is 2. The lowest BCUT2D eigenvalue weighted by Crippen LogP contribution is -2.28. The second-order valence-electron chi connectivity index (χ2n) is 11.1.